The summed E-state index contributed by atoms with van der Waals surface area (Å²) < 4.78 is 0. The molecule has 4 nitrogen and oxygen atoms in total. The molecule has 0 atom stereocenters. The van der Waals surface area contributed by atoms with Gasteiger partial charge in [0.2, 0.25) is 0 Å². The summed E-state index contributed by atoms with van der Waals surface area (Å²) >= 11 is 6.04. The third-order valence-electron chi connectivity index (χ3n) is 2.57. The van der Waals surface area contributed by atoms with Crippen molar-refractivity contribution in [2.24, 2.45) is 0 Å². The Balaban J connectivity index is 2.33. The minimum atomic E-state index is 0.388. The van der Waals surface area contributed by atoms with E-state index in [1.165, 1.54) is 6.33 Å². The molecule has 0 radical (unpaired) electrons. The third-order valence-corrected chi connectivity index (χ3v) is 2.85. The Morgan fingerprint density at radius 1 is 1.21 bits per heavy atom. The van der Waals surface area contributed by atoms with Crippen LogP contribution in [0.15, 0.2) is 24.7 Å². The summed E-state index contributed by atoms with van der Waals surface area (Å²) in [5.41, 5.74) is 2.36. The van der Waals surface area contributed by atoms with Crippen molar-refractivity contribution in [1.29, 1.82) is 0 Å². The minimum Gasteiger partial charge on any atom is -0.373 e. The van der Waals surface area contributed by atoms with Crippen LogP contribution >= 0.6 is 11.6 Å². The first-order chi connectivity index (χ1) is 9.24. The van der Waals surface area contributed by atoms with Gasteiger partial charge in [0.05, 0.1) is 11.3 Å². The van der Waals surface area contributed by atoms with Gasteiger partial charge in [-0.05, 0) is 18.6 Å². The van der Waals surface area contributed by atoms with Crippen molar-refractivity contribution in [3.05, 3.63) is 46.6 Å². The Labute approximate surface area is 117 Å². The van der Waals surface area contributed by atoms with E-state index >= 15 is 0 Å². The maximum Gasteiger partial charge on any atom is 0.148 e. The quantitative estimate of drug-likeness (QED) is 0.674. The number of hydrogen-bond donors (Lipinski definition) is 1. The van der Waals surface area contributed by atoms with Crippen LogP contribution in [0, 0.1) is 11.8 Å². The van der Waals surface area contributed by atoms with E-state index in [4.69, 9.17) is 11.6 Å². The molecule has 0 saturated heterocycles. The van der Waals surface area contributed by atoms with E-state index in [2.05, 4.69) is 32.1 Å². The molecule has 2 heterocycles. The Kier molecular flexibility index (Phi) is 4.32. The van der Waals surface area contributed by atoms with Crippen LogP contribution in [0.4, 0.5) is 5.82 Å². The van der Waals surface area contributed by atoms with Crippen molar-refractivity contribution < 1.29 is 0 Å². The van der Waals surface area contributed by atoms with E-state index in [0.717, 1.165) is 23.5 Å². The summed E-state index contributed by atoms with van der Waals surface area (Å²) in [6, 6.07) is 3.77. The van der Waals surface area contributed by atoms with Gasteiger partial charge in [0.25, 0.3) is 0 Å². The van der Waals surface area contributed by atoms with E-state index < -0.39 is 0 Å². The number of hydrogen-bond acceptors (Lipinski definition) is 4. The Morgan fingerprint density at radius 2 is 2.05 bits per heavy atom. The molecule has 0 fully saturated rings. The Bertz CT molecular complexity index is 626. The number of aromatic nitrogens is 3. The van der Waals surface area contributed by atoms with Crippen LogP contribution in [-0.4, -0.2) is 22.0 Å². The summed E-state index contributed by atoms with van der Waals surface area (Å²) in [5, 5.41) is 3.34. The smallest absolute Gasteiger partial charge is 0.148 e. The fraction of sp³-hybridized carbons (Fsp3) is 0.214. The van der Waals surface area contributed by atoms with Crippen molar-refractivity contribution >= 4 is 17.4 Å². The number of aryl methyl sites for hydroxylation is 1. The maximum atomic E-state index is 6.04. The zero-order chi connectivity index (χ0) is 13.7. The summed E-state index contributed by atoms with van der Waals surface area (Å²) in [6.45, 7) is 2.01. The van der Waals surface area contributed by atoms with Gasteiger partial charge < -0.3 is 5.32 Å². The number of rotatable bonds is 2. The number of pyridine rings is 1. The van der Waals surface area contributed by atoms with E-state index in [-0.39, 0.29) is 0 Å². The lowest BCUT2D eigenvalue weighted by Gasteiger charge is -2.00. The molecule has 0 aliphatic carbocycles. The first kappa shape index (κ1) is 13.3. The lowest BCUT2D eigenvalue weighted by atomic mass is 10.2. The van der Waals surface area contributed by atoms with Crippen LogP contribution in [0.2, 0.25) is 5.15 Å². The molecule has 0 aliphatic rings. The molecule has 1 N–H and O–H groups in total. The molecule has 0 aliphatic heterocycles. The van der Waals surface area contributed by atoms with Crippen molar-refractivity contribution in [1.82, 2.24) is 15.0 Å². The van der Waals surface area contributed by atoms with Gasteiger partial charge in [-0.15, -0.1) is 0 Å². The van der Waals surface area contributed by atoms with Crippen LogP contribution in [0.3, 0.4) is 0 Å². The van der Waals surface area contributed by atoms with Crippen molar-refractivity contribution in [2.75, 3.05) is 12.4 Å². The first-order valence-corrected chi connectivity index (χ1v) is 6.27. The predicted molar refractivity (Wildman–Crippen MR) is 76.2 cm³/mol. The summed E-state index contributed by atoms with van der Waals surface area (Å²) in [4.78, 5) is 12.3. The fourth-order valence-corrected chi connectivity index (χ4v) is 1.74. The monoisotopic (exact) mass is 272 g/mol. The molecule has 2 aromatic rings. The molecule has 0 unspecified atom stereocenters. The van der Waals surface area contributed by atoms with Gasteiger partial charge >= 0.3 is 0 Å². The van der Waals surface area contributed by atoms with E-state index in [0.29, 0.717) is 10.7 Å². The summed E-state index contributed by atoms with van der Waals surface area (Å²) in [6.07, 6.45) is 3.93. The highest BCUT2D eigenvalue weighted by molar-refractivity contribution is 6.30. The summed E-state index contributed by atoms with van der Waals surface area (Å²) in [7, 11) is 1.82. The van der Waals surface area contributed by atoms with Gasteiger partial charge in [-0.3, -0.25) is 0 Å². The second-order valence-corrected chi connectivity index (χ2v) is 4.13. The largest absolute Gasteiger partial charge is 0.373 e. The predicted octanol–water partition coefficient (Wildman–Crippen LogP) is 2.53. The molecule has 5 heteroatoms. The number of nitrogens with one attached hydrogen (secondary N) is 1. The van der Waals surface area contributed by atoms with Gasteiger partial charge in [0.1, 0.15) is 17.3 Å². The van der Waals surface area contributed by atoms with Gasteiger partial charge in [-0.25, -0.2) is 15.0 Å². The highest BCUT2D eigenvalue weighted by Crippen LogP contribution is 2.14. The highest BCUT2D eigenvalue weighted by Gasteiger charge is 2.05. The SMILES string of the molecule is CCc1ncnc(Cl)c1C#Cc1ccc(NC)nc1. The van der Waals surface area contributed by atoms with Crippen LogP contribution in [0.5, 0.6) is 0 Å². The van der Waals surface area contributed by atoms with E-state index in [1.807, 2.05) is 26.1 Å². The first-order valence-electron chi connectivity index (χ1n) is 5.89. The van der Waals surface area contributed by atoms with Crippen molar-refractivity contribution in [3.63, 3.8) is 0 Å². The lowest BCUT2D eigenvalue weighted by Crippen LogP contribution is -1.95. The topological polar surface area (TPSA) is 50.7 Å². The van der Waals surface area contributed by atoms with Gasteiger partial charge in [-0.1, -0.05) is 30.4 Å². The van der Waals surface area contributed by atoms with E-state index in [1.54, 1.807) is 6.20 Å². The molecule has 2 rings (SSSR count). The zero-order valence-electron chi connectivity index (χ0n) is 10.7. The Morgan fingerprint density at radius 3 is 2.68 bits per heavy atom. The fourth-order valence-electron chi connectivity index (χ4n) is 1.54. The lowest BCUT2D eigenvalue weighted by molar-refractivity contribution is 0.989. The van der Waals surface area contributed by atoms with Gasteiger partial charge in [0.15, 0.2) is 0 Å². The number of nitrogens with zero attached hydrogens (tertiary/aromatic N) is 3. The maximum absolute atomic E-state index is 6.04. The normalized spacial score (nSPS) is 9.63. The third kappa shape index (κ3) is 3.21. The minimum absolute atomic E-state index is 0.388. The zero-order valence-corrected chi connectivity index (χ0v) is 11.5. The average molecular weight is 273 g/mol. The van der Waals surface area contributed by atoms with Crippen molar-refractivity contribution in [2.45, 2.75) is 13.3 Å². The molecule has 0 bridgehead atoms. The van der Waals surface area contributed by atoms with Crippen LogP contribution in [0.1, 0.15) is 23.7 Å². The molecule has 19 heavy (non-hydrogen) atoms. The van der Waals surface area contributed by atoms with Crippen LogP contribution in [0.25, 0.3) is 0 Å². The standard InChI is InChI=1S/C14H13ClN4/c1-3-12-11(14(15)19-9-18-12)6-4-10-5-7-13(16-2)17-8-10/h5,7-9H,3H2,1-2H3,(H,16,17). The van der Waals surface area contributed by atoms with Gasteiger partial charge in [-0.2, -0.15) is 0 Å². The average Bonchev–Trinajstić information content (AvgIpc) is 2.46. The molecule has 96 valence electrons. The van der Waals surface area contributed by atoms with Crippen LogP contribution < -0.4 is 5.32 Å². The second-order valence-electron chi connectivity index (χ2n) is 3.77. The molecule has 0 spiro atoms. The molecular formula is C14H13ClN4. The van der Waals surface area contributed by atoms with Crippen LogP contribution in [-0.2, 0) is 6.42 Å². The molecular weight excluding hydrogens is 260 g/mol. The molecule has 0 amide bonds. The van der Waals surface area contributed by atoms with Crippen molar-refractivity contribution in [3.8, 4) is 11.8 Å². The van der Waals surface area contributed by atoms with Gasteiger partial charge in [0, 0.05) is 18.8 Å². The van der Waals surface area contributed by atoms with E-state index in [9.17, 15) is 0 Å². The second kappa shape index (κ2) is 6.17. The molecule has 0 aromatic carbocycles. The molecule has 2 aromatic heterocycles. The summed E-state index contributed by atoms with van der Waals surface area (Å²) in [5.74, 6) is 6.85. The number of halogens is 1. The molecule has 0 saturated carbocycles. The Hall–Kier alpha value is -2.12. The highest BCUT2D eigenvalue weighted by atomic mass is 35.5. The number of anilines is 1.